The summed E-state index contributed by atoms with van der Waals surface area (Å²) < 4.78 is 4.94. The smallest absolute Gasteiger partial charge is 0.338 e. The van der Waals surface area contributed by atoms with E-state index in [-0.39, 0.29) is 5.97 Å². The van der Waals surface area contributed by atoms with Crippen LogP contribution in [0.1, 0.15) is 63.7 Å². The van der Waals surface area contributed by atoms with Gasteiger partial charge in [0.15, 0.2) is 0 Å². The van der Waals surface area contributed by atoms with Gasteiger partial charge in [0.2, 0.25) is 0 Å². The molecule has 0 fully saturated rings. The number of aromatic carboxylic acids is 1. The van der Waals surface area contributed by atoms with Crippen LogP contribution in [0.25, 0.3) is 0 Å². The molecule has 0 saturated heterocycles. The van der Waals surface area contributed by atoms with Gasteiger partial charge in [0.1, 0.15) is 0 Å². The monoisotopic (exact) mass is 356 g/mol. The highest BCUT2D eigenvalue weighted by atomic mass is 16.5. The van der Waals surface area contributed by atoms with E-state index >= 15 is 0 Å². The lowest BCUT2D eigenvalue weighted by Gasteiger charge is -2.05. The molecule has 0 aromatic heterocycles. The first-order valence-electron chi connectivity index (χ1n) is 8.92. The van der Waals surface area contributed by atoms with Crippen molar-refractivity contribution in [2.24, 2.45) is 0 Å². The zero-order valence-corrected chi connectivity index (χ0v) is 16.3. The lowest BCUT2D eigenvalue weighted by atomic mass is 10.1. The Morgan fingerprint density at radius 3 is 1.69 bits per heavy atom. The maximum atomic E-state index is 11.4. The molecule has 0 spiro atoms. The molecule has 0 radical (unpaired) electrons. The van der Waals surface area contributed by atoms with Crippen molar-refractivity contribution in [2.45, 2.75) is 47.5 Å². The first-order chi connectivity index (χ1) is 12.3. The summed E-state index contributed by atoms with van der Waals surface area (Å²) in [5.41, 5.74) is 5.40. The molecule has 4 heteroatoms. The van der Waals surface area contributed by atoms with Crippen LogP contribution in [0.5, 0.6) is 0 Å². The van der Waals surface area contributed by atoms with Gasteiger partial charge in [-0.25, -0.2) is 9.59 Å². The summed E-state index contributed by atoms with van der Waals surface area (Å²) in [5, 5.41) is 8.73. The Balaban J connectivity index is 0.000000263. The van der Waals surface area contributed by atoms with Crippen LogP contribution in [0.15, 0.2) is 36.4 Å². The lowest BCUT2D eigenvalue weighted by Crippen LogP contribution is -2.05. The molecule has 0 aliphatic carbocycles. The Bertz CT molecular complexity index is 763. The van der Waals surface area contributed by atoms with Crippen molar-refractivity contribution in [2.75, 3.05) is 6.61 Å². The number of hydrogen-bond acceptors (Lipinski definition) is 3. The van der Waals surface area contributed by atoms with Crippen molar-refractivity contribution in [3.63, 3.8) is 0 Å². The van der Waals surface area contributed by atoms with Gasteiger partial charge in [-0.2, -0.15) is 0 Å². The van der Waals surface area contributed by atoms with Gasteiger partial charge >= 0.3 is 11.9 Å². The van der Waals surface area contributed by atoms with Gasteiger partial charge in [0.05, 0.1) is 17.7 Å². The maximum Gasteiger partial charge on any atom is 0.338 e. The van der Waals surface area contributed by atoms with E-state index in [1.807, 2.05) is 45.9 Å². The molecule has 1 N–H and O–H groups in total. The van der Waals surface area contributed by atoms with Gasteiger partial charge in [0.25, 0.3) is 0 Å². The second-order valence-electron chi connectivity index (χ2n) is 6.15. The molecule has 4 nitrogen and oxygen atoms in total. The SMILES string of the molecule is CCOC(=O)c1cc(C)cc(CC)c1.CCc1cc(C)cc(C(=O)O)c1. The fraction of sp³-hybridized carbons (Fsp3) is 0.364. The number of carboxylic acid groups (broad SMARTS) is 1. The number of esters is 1. The highest BCUT2D eigenvalue weighted by Crippen LogP contribution is 2.12. The van der Waals surface area contributed by atoms with Gasteiger partial charge in [-0.3, -0.25) is 0 Å². The molecule has 2 aromatic carbocycles. The van der Waals surface area contributed by atoms with E-state index < -0.39 is 5.97 Å². The number of carbonyl (C=O) groups is 2. The van der Waals surface area contributed by atoms with E-state index in [4.69, 9.17) is 9.84 Å². The van der Waals surface area contributed by atoms with Gasteiger partial charge in [-0.1, -0.05) is 37.1 Å². The molecule has 0 amide bonds. The summed E-state index contributed by atoms with van der Waals surface area (Å²) in [7, 11) is 0. The quantitative estimate of drug-likeness (QED) is 0.767. The molecule has 2 rings (SSSR count). The van der Waals surface area contributed by atoms with Crippen LogP contribution in [0.3, 0.4) is 0 Å². The Kier molecular flexibility index (Phi) is 8.56. The standard InChI is InChI=1S/C12H16O2.C10H12O2/c1-4-10-6-9(3)7-11(8-10)12(13)14-5-2;1-3-8-4-7(2)5-9(6-8)10(11)12/h6-8H,4-5H2,1-3H3;4-6H,3H2,1-2H3,(H,11,12). The third-order valence-corrected chi connectivity index (χ3v) is 3.85. The molecule has 0 bridgehead atoms. The predicted molar refractivity (Wildman–Crippen MR) is 104 cm³/mol. The topological polar surface area (TPSA) is 63.6 Å². The molecule has 26 heavy (non-hydrogen) atoms. The van der Waals surface area contributed by atoms with Gasteiger partial charge in [-0.15, -0.1) is 0 Å². The molecule has 140 valence electrons. The second kappa shape index (κ2) is 10.4. The number of ether oxygens (including phenoxy) is 1. The van der Waals surface area contributed by atoms with Crippen molar-refractivity contribution in [1.82, 2.24) is 0 Å². The van der Waals surface area contributed by atoms with Crippen molar-refractivity contribution < 1.29 is 19.4 Å². The number of carbonyl (C=O) groups excluding carboxylic acids is 1. The number of carboxylic acids is 1. The second-order valence-corrected chi connectivity index (χ2v) is 6.15. The van der Waals surface area contributed by atoms with Crippen molar-refractivity contribution in [3.8, 4) is 0 Å². The fourth-order valence-corrected chi connectivity index (χ4v) is 2.59. The van der Waals surface area contributed by atoms with Gasteiger partial charge in [0, 0.05) is 0 Å². The maximum absolute atomic E-state index is 11.4. The molecule has 2 aromatic rings. The van der Waals surface area contributed by atoms with E-state index in [1.165, 1.54) is 5.56 Å². The van der Waals surface area contributed by atoms with E-state index in [1.54, 1.807) is 12.1 Å². The van der Waals surface area contributed by atoms with Crippen LogP contribution in [0.2, 0.25) is 0 Å². The first-order valence-corrected chi connectivity index (χ1v) is 8.92. The van der Waals surface area contributed by atoms with Crippen LogP contribution in [-0.2, 0) is 17.6 Å². The van der Waals surface area contributed by atoms with Gasteiger partial charge in [-0.05, 0) is 69.0 Å². The van der Waals surface area contributed by atoms with Crippen LogP contribution in [0.4, 0.5) is 0 Å². The number of hydrogen-bond donors (Lipinski definition) is 1. The minimum absolute atomic E-state index is 0.231. The molecular formula is C22H28O4. The lowest BCUT2D eigenvalue weighted by molar-refractivity contribution is 0.0525. The third kappa shape index (κ3) is 6.71. The predicted octanol–water partition coefficient (Wildman–Crippen LogP) is 4.99. The van der Waals surface area contributed by atoms with Crippen molar-refractivity contribution >= 4 is 11.9 Å². The van der Waals surface area contributed by atoms with E-state index in [0.29, 0.717) is 17.7 Å². The van der Waals surface area contributed by atoms with Crippen LogP contribution in [0, 0.1) is 13.8 Å². The molecule has 0 saturated carbocycles. The Hall–Kier alpha value is -2.62. The summed E-state index contributed by atoms with van der Waals surface area (Å²) >= 11 is 0. The number of aryl methyl sites for hydroxylation is 4. The third-order valence-electron chi connectivity index (χ3n) is 3.85. The number of benzene rings is 2. The highest BCUT2D eigenvalue weighted by Gasteiger charge is 2.07. The summed E-state index contributed by atoms with van der Waals surface area (Å²) in [4.78, 5) is 22.1. The highest BCUT2D eigenvalue weighted by molar-refractivity contribution is 5.90. The van der Waals surface area contributed by atoms with Crippen LogP contribution < -0.4 is 0 Å². The van der Waals surface area contributed by atoms with Gasteiger partial charge < -0.3 is 9.84 Å². The van der Waals surface area contributed by atoms with Crippen LogP contribution >= 0.6 is 0 Å². The average molecular weight is 356 g/mol. The van der Waals surface area contributed by atoms with E-state index in [9.17, 15) is 9.59 Å². The summed E-state index contributed by atoms with van der Waals surface area (Å²) in [6, 6.07) is 11.2. The molecule has 0 atom stereocenters. The minimum Gasteiger partial charge on any atom is -0.478 e. The largest absolute Gasteiger partial charge is 0.478 e. The Morgan fingerprint density at radius 2 is 1.27 bits per heavy atom. The molecule has 0 heterocycles. The van der Waals surface area contributed by atoms with Crippen molar-refractivity contribution in [3.05, 3.63) is 69.8 Å². The summed E-state index contributed by atoms with van der Waals surface area (Å²) in [6.07, 6.45) is 1.82. The minimum atomic E-state index is -0.853. The van der Waals surface area contributed by atoms with Crippen LogP contribution in [-0.4, -0.2) is 23.7 Å². The normalized spacial score (nSPS) is 9.88. The molecule has 0 unspecified atom stereocenters. The first kappa shape index (κ1) is 21.4. The zero-order valence-electron chi connectivity index (χ0n) is 16.3. The van der Waals surface area contributed by atoms with E-state index in [2.05, 4.69) is 13.0 Å². The Labute approximate surface area is 155 Å². The molecule has 0 aliphatic heterocycles. The van der Waals surface area contributed by atoms with Crippen molar-refractivity contribution in [1.29, 1.82) is 0 Å². The molecular weight excluding hydrogens is 328 g/mol. The average Bonchev–Trinajstić information content (AvgIpc) is 2.61. The van der Waals surface area contributed by atoms with E-state index in [0.717, 1.165) is 29.5 Å². The fourth-order valence-electron chi connectivity index (χ4n) is 2.59. The summed E-state index contributed by atoms with van der Waals surface area (Å²) in [6.45, 7) is 10.2. The summed E-state index contributed by atoms with van der Waals surface area (Å²) in [5.74, 6) is -1.08. The Morgan fingerprint density at radius 1 is 0.808 bits per heavy atom. The number of rotatable bonds is 5. The zero-order chi connectivity index (χ0) is 19.7. The molecule has 0 aliphatic rings.